The first-order valence-electron chi connectivity index (χ1n) is 6.57. The Morgan fingerprint density at radius 1 is 1.35 bits per heavy atom. The van der Waals surface area contributed by atoms with Gasteiger partial charge in [-0.1, -0.05) is 18.9 Å². The van der Waals surface area contributed by atoms with Gasteiger partial charge in [0.1, 0.15) is 0 Å². The molecule has 92 valence electrons. The summed E-state index contributed by atoms with van der Waals surface area (Å²) in [5.41, 5.74) is 3.01. The van der Waals surface area contributed by atoms with Crippen LogP contribution in [0, 0.1) is 0 Å². The zero-order valence-electron chi connectivity index (χ0n) is 10.3. The number of fused-ring (bicyclic) bond motifs is 1. The Hall–Kier alpha value is -0.700. The SMILES string of the molecule is CCN1c2c(Br)cccc2NCC12CCCC2. The summed E-state index contributed by atoms with van der Waals surface area (Å²) in [5.74, 6) is 0. The van der Waals surface area contributed by atoms with Crippen LogP contribution in [0.15, 0.2) is 22.7 Å². The molecule has 1 aromatic carbocycles. The van der Waals surface area contributed by atoms with Crippen molar-refractivity contribution in [3.05, 3.63) is 22.7 Å². The Labute approximate surface area is 112 Å². The molecule has 0 amide bonds. The largest absolute Gasteiger partial charge is 0.381 e. The van der Waals surface area contributed by atoms with Gasteiger partial charge in [0.05, 0.1) is 16.9 Å². The van der Waals surface area contributed by atoms with Gasteiger partial charge in [0, 0.05) is 17.6 Å². The van der Waals surface area contributed by atoms with Crippen molar-refractivity contribution in [2.75, 3.05) is 23.3 Å². The molecule has 1 saturated carbocycles. The average molecular weight is 295 g/mol. The first-order valence-corrected chi connectivity index (χ1v) is 7.36. The van der Waals surface area contributed by atoms with Crippen molar-refractivity contribution in [3.63, 3.8) is 0 Å². The van der Waals surface area contributed by atoms with Crippen molar-refractivity contribution in [2.45, 2.75) is 38.1 Å². The van der Waals surface area contributed by atoms with Crippen LogP contribution in [0.5, 0.6) is 0 Å². The van der Waals surface area contributed by atoms with Gasteiger partial charge in [-0.3, -0.25) is 0 Å². The number of halogens is 1. The fourth-order valence-corrected chi connectivity index (χ4v) is 4.08. The Bertz CT molecular complexity index is 424. The molecular weight excluding hydrogens is 276 g/mol. The van der Waals surface area contributed by atoms with Crippen LogP contribution < -0.4 is 10.2 Å². The molecule has 1 heterocycles. The van der Waals surface area contributed by atoms with E-state index >= 15 is 0 Å². The van der Waals surface area contributed by atoms with Crippen LogP contribution in [0.2, 0.25) is 0 Å². The molecule has 17 heavy (non-hydrogen) atoms. The zero-order chi connectivity index (χ0) is 11.9. The summed E-state index contributed by atoms with van der Waals surface area (Å²) in [6, 6.07) is 6.44. The maximum atomic E-state index is 3.71. The molecule has 1 N–H and O–H groups in total. The predicted molar refractivity (Wildman–Crippen MR) is 76.9 cm³/mol. The highest BCUT2D eigenvalue weighted by molar-refractivity contribution is 9.10. The average Bonchev–Trinajstić information content (AvgIpc) is 2.79. The lowest BCUT2D eigenvalue weighted by atomic mass is 9.91. The van der Waals surface area contributed by atoms with E-state index in [1.807, 2.05) is 0 Å². The lowest BCUT2D eigenvalue weighted by Gasteiger charge is -2.47. The van der Waals surface area contributed by atoms with Crippen LogP contribution in [-0.4, -0.2) is 18.6 Å². The number of anilines is 2. The Kier molecular flexibility index (Phi) is 2.81. The number of hydrogen-bond acceptors (Lipinski definition) is 2. The minimum atomic E-state index is 0.367. The van der Waals surface area contributed by atoms with E-state index in [1.54, 1.807) is 0 Å². The van der Waals surface area contributed by atoms with E-state index in [1.165, 1.54) is 41.5 Å². The van der Waals surface area contributed by atoms with E-state index in [-0.39, 0.29) is 0 Å². The second-order valence-corrected chi connectivity index (χ2v) is 6.02. The topological polar surface area (TPSA) is 15.3 Å². The second-order valence-electron chi connectivity index (χ2n) is 5.17. The number of nitrogens with one attached hydrogen (secondary N) is 1. The molecule has 1 aliphatic heterocycles. The molecule has 0 saturated heterocycles. The van der Waals surface area contributed by atoms with Crippen molar-refractivity contribution in [3.8, 4) is 0 Å². The minimum absolute atomic E-state index is 0.367. The van der Waals surface area contributed by atoms with Crippen LogP contribution in [0.4, 0.5) is 11.4 Å². The van der Waals surface area contributed by atoms with Gasteiger partial charge in [-0.15, -0.1) is 0 Å². The smallest absolute Gasteiger partial charge is 0.0751 e. The Balaban J connectivity index is 2.09. The highest BCUT2D eigenvalue weighted by atomic mass is 79.9. The number of hydrogen-bond donors (Lipinski definition) is 1. The molecule has 1 aliphatic carbocycles. The summed E-state index contributed by atoms with van der Waals surface area (Å²) in [4.78, 5) is 2.62. The molecule has 1 fully saturated rings. The van der Waals surface area contributed by atoms with Crippen LogP contribution in [0.3, 0.4) is 0 Å². The van der Waals surface area contributed by atoms with Crippen molar-refractivity contribution in [2.24, 2.45) is 0 Å². The molecule has 1 spiro atoms. The minimum Gasteiger partial charge on any atom is -0.381 e. The maximum Gasteiger partial charge on any atom is 0.0751 e. The molecule has 0 bridgehead atoms. The Morgan fingerprint density at radius 3 is 2.82 bits per heavy atom. The van der Waals surface area contributed by atoms with Gasteiger partial charge in [0.25, 0.3) is 0 Å². The van der Waals surface area contributed by atoms with E-state index in [9.17, 15) is 0 Å². The van der Waals surface area contributed by atoms with Gasteiger partial charge in [-0.2, -0.15) is 0 Å². The fraction of sp³-hybridized carbons (Fsp3) is 0.571. The normalized spacial score (nSPS) is 21.4. The first-order chi connectivity index (χ1) is 8.27. The Morgan fingerprint density at radius 2 is 2.12 bits per heavy atom. The van der Waals surface area contributed by atoms with E-state index in [2.05, 4.69) is 51.3 Å². The van der Waals surface area contributed by atoms with E-state index in [0.717, 1.165) is 13.1 Å². The van der Waals surface area contributed by atoms with Crippen LogP contribution in [0.25, 0.3) is 0 Å². The number of nitrogens with zero attached hydrogens (tertiary/aromatic N) is 1. The maximum absolute atomic E-state index is 3.71. The summed E-state index contributed by atoms with van der Waals surface area (Å²) < 4.78 is 1.22. The molecule has 3 rings (SSSR count). The lowest BCUT2D eigenvalue weighted by molar-refractivity contribution is 0.411. The van der Waals surface area contributed by atoms with Gasteiger partial charge in [0.2, 0.25) is 0 Å². The van der Waals surface area contributed by atoms with Gasteiger partial charge in [-0.25, -0.2) is 0 Å². The van der Waals surface area contributed by atoms with Crippen molar-refractivity contribution in [1.29, 1.82) is 0 Å². The third-order valence-electron chi connectivity index (χ3n) is 4.29. The van der Waals surface area contributed by atoms with E-state index in [4.69, 9.17) is 0 Å². The van der Waals surface area contributed by atoms with Crippen LogP contribution in [-0.2, 0) is 0 Å². The monoisotopic (exact) mass is 294 g/mol. The zero-order valence-corrected chi connectivity index (χ0v) is 11.9. The molecule has 3 heteroatoms. The van der Waals surface area contributed by atoms with E-state index < -0.39 is 0 Å². The van der Waals surface area contributed by atoms with Gasteiger partial charge in [-0.05, 0) is 47.8 Å². The molecule has 0 unspecified atom stereocenters. The summed E-state index contributed by atoms with van der Waals surface area (Å²) in [6.45, 7) is 4.47. The quantitative estimate of drug-likeness (QED) is 0.842. The molecule has 0 atom stereocenters. The van der Waals surface area contributed by atoms with Crippen LogP contribution >= 0.6 is 15.9 Å². The number of benzene rings is 1. The molecule has 0 aromatic heterocycles. The summed E-state index contributed by atoms with van der Waals surface area (Å²) in [5, 5.41) is 3.63. The second kappa shape index (κ2) is 4.20. The molecular formula is C14H19BrN2. The highest BCUT2D eigenvalue weighted by Gasteiger charge is 2.42. The summed E-state index contributed by atoms with van der Waals surface area (Å²) >= 11 is 3.71. The van der Waals surface area contributed by atoms with E-state index in [0.29, 0.717) is 5.54 Å². The van der Waals surface area contributed by atoms with Crippen molar-refractivity contribution >= 4 is 27.3 Å². The predicted octanol–water partition coefficient (Wildman–Crippen LogP) is 4.01. The number of likely N-dealkylation sites (N-methyl/N-ethyl adjacent to an activating group) is 1. The highest BCUT2D eigenvalue weighted by Crippen LogP contribution is 2.46. The van der Waals surface area contributed by atoms with Crippen molar-refractivity contribution in [1.82, 2.24) is 0 Å². The van der Waals surface area contributed by atoms with Gasteiger partial charge < -0.3 is 10.2 Å². The lowest BCUT2D eigenvalue weighted by Crippen LogP contribution is -2.54. The third kappa shape index (κ3) is 1.67. The van der Waals surface area contributed by atoms with Gasteiger partial charge in [0.15, 0.2) is 0 Å². The molecule has 2 nitrogen and oxygen atoms in total. The number of rotatable bonds is 1. The summed E-state index contributed by atoms with van der Waals surface area (Å²) in [6.07, 6.45) is 5.40. The standard InChI is InChI=1S/C14H19BrN2/c1-2-17-13-11(15)6-5-7-12(13)16-10-14(17)8-3-4-9-14/h5-7,16H,2-4,8-10H2,1H3. The summed E-state index contributed by atoms with van der Waals surface area (Å²) in [7, 11) is 0. The third-order valence-corrected chi connectivity index (χ3v) is 4.93. The fourth-order valence-electron chi connectivity index (χ4n) is 3.50. The molecule has 2 aliphatic rings. The first kappa shape index (κ1) is 11.4. The van der Waals surface area contributed by atoms with Crippen molar-refractivity contribution < 1.29 is 0 Å². The number of para-hydroxylation sites is 1. The molecule has 0 radical (unpaired) electrons. The van der Waals surface area contributed by atoms with Gasteiger partial charge >= 0.3 is 0 Å². The molecule has 1 aromatic rings. The van der Waals surface area contributed by atoms with Crippen LogP contribution in [0.1, 0.15) is 32.6 Å².